The number of hydrogen-bond donors (Lipinski definition) is 2. The van der Waals surface area contributed by atoms with Crippen LogP contribution in [0.3, 0.4) is 0 Å². The number of benzene rings is 3. The predicted molar refractivity (Wildman–Crippen MR) is 172 cm³/mol. The van der Waals surface area contributed by atoms with Crippen LogP contribution in [0.1, 0.15) is 72.7 Å². The van der Waals surface area contributed by atoms with Gasteiger partial charge in [-0.1, -0.05) is 78.3 Å². The maximum Gasteiger partial charge on any atom is 0.0843 e. The summed E-state index contributed by atoms with van der Waals surface area (Å²) in [6.07, 6.45) is 9.27. The van der Waals surface area contributed by atoms with Crippen LogP contribution in [0.4, 0.5) is 0 Å². The van der Waals surface area contributed by atoms with Gasteiger partial charge in [0.1, 0.15) is 0 Å². The van der Waals surface area contributed by atoms with Gasteiger partial charge >= 0.3 is 0 Å². The quantitative estimate of drug-likeness (QED) is 0.120. The fourth-order valence-electron chi connectivity index (χ4n) is 5.39. The highest BCUT2D eigenvalue weighted by Gasteiger charge is 2.42. The minimum absolute atomic E-state index is 0.263. The number of thioether (sulfide) groups is 1. The van der Waals surface area contributed by atoms with E-state index < -0.39 is 5.60 Å². The number of rotatable bonds is 13. The van der Waals surface area contributed by atoms with Crippen molar-refractivity contribution < 1.29 is 15.3 Å². The summed E-state index contributed by atoms with van der Waals surface area (Å²) in [5.41, 5.74) is 5.77. The first kappa shape index (κ1) is 29.8. The van der Waals surface area contributed by atoms with Gasteiger partial charge in [0.05, 0.1) is 23.4 Å². The Kier molecular flexibility index (Phi) is 9.52. The Bertz CT molecular complexity index is 1510. The average molecular weight is 588 g/mol. The highest BCUT2D eigenvalue weighted by Crippen LogP contribution is 2.53. The molecule has 0 spiro atoms. The number of hydrogen-bond acceptors (Lipinski definition) is 5. The zero-order valence-corrected chi connectivity index (χ0v) is 25.3. The van der Waals surface area contributed by atoms with Crippen LogP contribution in [0.5, 0.6) is 0 Å². The number of pyridine rings is 1. The smallest absolute Gasteiger partial charge is 0.0843 e. The second kappa shape index (κ2) is 13.1. The lowest BCUT2D eigenvalue weighted by molar-refractivity contribution is -0.244. The number of aromatic nitrogens is 1. The molecule has 0 amide bonds. The molecule has 1 aromatic heterocycles. The van der Waals surface area contributed by atoms with E-state index in [4.69, 9.17) is 21.8 Å². The number of halogens is 1. The van der Waals surface area contributed by atoms with Gasteiger partial charge in [-0.3, -0.25) is 5.26 Å². The second-order valence-electron chi connectivity index (χ2n) is 11.7. The van der Waals surface area contributed by atoms with Crippen LogP contribution in [0.2, 0.25) is 5.02 Å². The standard InChI is InChI=1S/C35H38ClNO3S/c1-34(2,38)31-9-4-3-7-26(31)13-17-33(41-24-35(18-19-35)20-21-40-39)28-8-5-6-25(22-28)10-15-30-16-12-27-11-14-29(36)23-32(27)37-30/h3-12,14-16,22-23,33,38-39H,13,17-21,24H2,1-2H3/b15-10+/t33-/m1/s1. The summed E-state index contributed by atoms with van der Waals surface area (Å²) < 4.78 is 0. The molecule has 2 N–H and O–H groups in total. The maximum atomic E-state index is 10.8. The molecule has 1 heterocycles. The van der Waals surface area contributed by atoms with E-state index >= 15 is 0 Å². The first-order chi connectivity index (χ1) is 19.7. The molecule has 0 unspecified atom stereocenters. The van der Waals surface area contributed by atoms with E-state index in [2.05, 4.69) is 59.5 Å². The number of fused-ring (bicyclic) bond motifs is 1. The highest BCUT2D eigenvalue weighted by molar-refractivity contribution is 7.99. The molecule has 4 nitrogen and oxygen atoms in total. The fraction of sp³-hybridized carbons (Fsp3) is 0.343. The van der Waals surface area contributed by atoms with E-state index in [1.165, 1.54) is 24.0 Å². The Hall–Kier alpha value is -2.67. The van der Waals surface area contributed by atoms with E-state index in [1.807, 2.05) is 62.0 Å². The highest BCUT2D eigenvalue weighted by atomic mass is 35.5. The number of nitrogens with zero attached hydrogens (tertiary/aromatic N) is 1. The molecule has 1 aliphatic carbocycles. The topological polar surface area (TPSA) is 62.6 Å². The summed E-state index contributed by atoms with van der Waals surface area (Å²) >= 11 is 8.18. The van der Waals surface area contributed by atoms with Crippen LogP contribution in [-0.4, -0.2) is 27.7 Å². The predicted octanol–water partition coefficient (Wildman–Crippen LogP) is 9.35. The van der Waals surface area contributed by atoms with Gasteiger partial charge in [-0.05, 0) is 104 Å². The van der Waals surface area contributed by atoms with Gasteiger partial charge in [0, 0.05) is 15.7 Å². The lowest BCUT2D eigenvalue weighted by atomic mass is 9.90. The van der Waals surface area contributed by atoms with Gasteiger partial charge in [-0.2, -0.15) is 11.8 Å². The lowest BCUT2D eigenvalue weighted by Gasteiger charge is -2.24. The van der Waals surface area contributed by atoms with Crippen LogP contribution in [0.15, 0.2) is 78.9 Å². The third-order valence-electron chi connectivity index (χ3n) is 8.03. The van der Waals surface area contributed by atoms with E-state index in [0.717, 1.165) is 52.7 Å². The molecule has 3 aromatic carbocycles. The summed E-state index contributed by atoms with van der Waals surface area (Å²) in [6.45, 7) is 4.10. The summed E-state index contributed by atoms with van der Waals surface area (Å²) in [7, 11) is 0. The van der Waals surface area contributed by atoms with Gasteiger partial charge in [0.2, 0.25) is 0 Å². The van der Waals surface area contributed by atoms with Crippen LogP contribution in [-0.2, 0) is 16.9 Å². The largest absolute Gasteiger partial charge is 0.386 e. The van der Waals surface area contributed by atoms with Gasteiger partial charge < -0.3 is 5.11 Å². The Balaban J connectivity index is 1.36. The van der Waals surface area contributed by atoms with Crippen LogP contribution < -0.4 is 0 Å². The summed E-state index contributed by atoms with van der Waals surface area (Å²) in [5, 5.41) is 21.7. The van der Waals surface area contributed by atoms with E-state index in [9.17, 15) is 5.11 Å². The lowest BCUT2D eigenvalue weighted by Crippen LogP contribution is -2.18. The molecule has 0 saturated heterocycles. The molecule has 214 valence electrons. The molecule has 0 aliphatic heterocycles. The molecule has 5 rings (SSSR count). The molecular weight excluding hydrogens is 550 g/mol. The van der Waals surface area contributed by atoms with Crippen molar-refractivity contribution in [1.29, 1.82) is 0 Å². The van der Waals surface area contributed by atoms with Gasteiger partial charge in [0.15, 0.2) is 0 Å². The van der Waals surface area contributed by atoms with Crippen molar-refractivity contribution in [2.24, 2.45) is 5.41 Å². The average Bonchev–Trinajstić information content (AvgIpc) is 3.74. The summed E-state index contributed by atoms with van der Waals surface area (Å²) in [5.74, 6) is 1.04. The molecule has 41 heavy (non-hydrogen) atoms. The molecular formula is C35H38ClNO3S. The minimum Gasteiger partial charge on any atom is -0.386 e. The SMILES string of the molecule is CC(C)(O)c1ccccc1CC[C@@H](SCC1(CCOO)CC1)c1cccc(/C=C/c2ccc3ccc(Cl)cc3n2)c1. The van der Waals surface area contributed by atoms with Crippen molar-refractivity contribution in [1.82, 2.24) is 4.98 Å². The molecule has 0 bridgehead atoms. The molecule has 1 aliphatic rings. The molecule has 1 saturated carbocycles. The molecule has 1 atom stereocenters. The van der Waals surface area contributed by atoms with E-state index in [-0.39, 0.29) is 5.41 Å². The van der Waals surface area contributed by atoms with Crippen molar-refractivity contribution in [3.8, 4) is 0 Å². The Morgan fingerprint density at radius 2 is 1.83 bits per heavy atom. The third kappa shape index (κ3) is 8.00. The van der Waals surface area contributed by atoms with Crippen LogP contribution in [0.25, 0.3) is 23.1 Å². The normalized spacial score (nSPS) is 15.4. The zero-order valence-electron chi connectivity index (χ0n) is 23.7. The fourth-order valence-corrected chi connectivity index (χ4v) is 7.17. The third-order valence-corrected chi connectivity index (χ3v) is 9.95. The van der Waals surface area contributed by atoms with Gasteiger partial charge in [-0.15, -0.1) is 0 Å². The monoisotopic (exact) mass is 587 g/mol. The van der Waals surface area contributed by atoms with Crippen molar-refractivity contribution in [3.05, 3.63) is 112 Å². The van der Waals surface area contributed by atoms with E-state index in [1.54, 1.807) is 0 Å². The van der Waals surface area contributed by atoms with Crippen LogP contribution >= 0.6 is 23.4 Å². The Morgan fingerprint density at radius 1 is 1.02 bits per heavy atom. The van der Waals surface area contributed by atoms with Crippen molar-refractivity contribution in [2.45, 2.75) is 56.8 Å². The van der Waals surface area contributed by atoms with Crippen molar-refractivity contribution in [2.75, 3.05) is 12.4 Å². The van der Waals surface area contributed by atoms with E-state index in [0.29, 0.717) is 16.9 Å². The van der Waals surface area contributed by atoms with Gasteiger partial charge in [-0.25, -0.2) is 9.87 Å². The number of aliphatic hydroxyl groups is 1. The molecule has 6 heteroatoms. The maximum absolute atomic E-state index is 10.8. The number of aryl methyl sites for hydroxylation is 1. The summed E-state index contributed by atoms with van der Waals surface area (Å²) in [6, 6.07) is 26.9. The Labute approximate surface area is 252 Å². The zero-order chi connectivity index (χ0) is 28.9. The molecule has 4 aromatic rings. The minimum atomic E-state index is -0.881. The van der Waals surface area contributed by atoms with Crippen molar-refractivity contribution in [3.63, 3.8) is 0 Å². The Morgan fingerprint density at radius 3 is 2.61 bits per heavy atom. The summed E-state index contributed by atoms with van der Waals surface area (Å²) in [4.78, 5) is 9.18. The van der Waals surface area contributed by atoms with Crippen molar-refractivity contribution >= 4 is 46.4 Å². The molecule has 0 radical (unpaired) electrons. The second-order valence-corrected chi connectivity index (χ2v) is 13.3. The van der Waals surface area contributed by atoms with Gasteiger partial charge in [0.25, 0.3) is 0 Å². The first-order valence-electron chi connectivity index (χ1n) is 14.3. The molecule has 1 fully saturated rings. The van der Waals surface area contributed by atoms with Crippen LogP contribution in [0, 0.1) is 5.41 Å². The first-order valence-corrected chi connectivity index (χ1v) is 15.7.